The maximum Gasteiger partial charge on any atom is 0.328 e. The zero-order chi connectivity index (χ0) is 15.4. The molecule has 21 heavy (non-hydrogen) atoms. The van der Waals surface area contributed by atoms with Crippen molar-refractivity contribution in [2.75, 3.05) is 20.3 Å². The van der Waals surface area contributed by atoms with E-state index < -0.39 is 17.7 Å². The molecule has 1 aromatic rings. The second-order valence-corrected chi connectivity index (χ2v) is 4.84. The van der Waals surface area contributed by atoms with Crippen molar-refractivity contribution in [1.82, 2.24) is 4.90 Å². The molecule has 1 heterocycles. The number of nitrogens with zero attached hydrogens (tertiary/aromatic N) is 1. The summed E-state index contributed by atoms with van der Waals surface area (Å²) in [5, 5.41) is 8.53. The number of benzene rings is 1. The minimum atomic E-state index is -1.11. The van der Waals surface area contributed by atoms with E-state index >= 15 is 0 Å². The Balaban J connectivity index is 2.16. The second-order valence-electron chi connectivity index (χ2n) is 4.84. The Morgan fingerprint density at radius 3 is 2.81 bits per heavy atom. The van der Waals surface area contributed by atoms with Crippen molar-refractivity contribution in [3.63, 3.8) is 0 Å². The van der Waals surface area contributed by atoms with Crippen molar-refractivity contribution in [2.45, 2.75) is 12.5 Å². The Labute approximate surface area is 121 Å². The Morgan fingerprint density at radius 2 is 2.24 bits per heavy atom. The van der Waals surface area contributed by atoms with E-state index in [0.29, 0.717) is 18.8 Å². The van der Waals surface area contributed by atoms with E-state index in [1.165, 1.54) is 23.1 Å². The molecular weight excluding hydrogens is 277 g/mol. The smallest absolute Gasteiger partial charge is 0.328 e. The quantitative estimate of drug-likeness (QED) is 0.859. The van der Waals surface area contributed by atoms with Gasteiger partial charge in [0.2, 0.25) is 0 Å². The van der Waals surface area contributed by atoms with Gasteiger partial charge in [0.05, 0.1) is 18.2 Å². The molecule has 0 saturated carbocycles. The summed E-state index contributed by atoms with van der Waals surface area (Å²) >= 11 is 0. The van der Waals surface area contributed by atoms with E-state index in [1.54, 1.807) is 7.05 Å². The van der Waals surface area contributed by atoms with Gasteiger partial charge in [-0.1, -0.05) is 6.07 Å². The molecule has 0 aromatic heterocycles. The average molecular weight is 293 g/mol. The molecule has 5 nitrogen and oxygen atoms in total. The van der Waals surface area contributed by atoms with Gasteiger partial charge >= 0.3 is 5.97 Å². The highest BCUT2D eigenvalue weighted by molar-refractivity contribution is 5.95. The van der Waals surface area contributed by atoms with Gasteiger partial charge in [-0.2, -0.15) is 0 Å². The number of ether oxygens (including phenoxy) is 1. The number of likely N-dealkylation sites (N-methyl/N-ethyl adjacent to an activating group) is 1. The van der Waals surface area contributed by atoms with E-state index in [1.807, 2.05) is 0 Å². The van der Waals surface area contributed by atoms with Crippen LogP contribution in [0.15, 0.2) is 24.3 Å². The van der Waals surface area contributed by atoms with Crippen molar-refractivity contribution in [3.05, 3.63) is 41.2 Å². The highest BCUT2D eigenvalue weighted by Crippen LogP contribution is 2.17. The number of amides is 1. The minimum absolute atomic E-state index is 0.0307. The van der Waals surface area contributed by atoms with Crippen LogP contribution in [0.25, 0.3) is 6.08 Å². The number of rotatable bonds is 4. The first kappa shape index (κ1) is 15.2. The summed E-state index contributed by atoms with van der Waals surface area (Å²) in [7, 11) is 1.62. The fourth-order valence-electron chi connectivity index (χ4n) is 2.16. The molecule has 6 heteroatoms. The van der Waals surface area contributed by atoms with Crippen LogP contribution in [0, 0.1) is 5.82 Å². The number of halogens is 1. The summed E-state index contributed by atoms with van der Waals surface area (Å²) in [6.07, 6.45) is 2.93. The van der Waals surface area contributed by atoms with Gasteiger partial charge in [0.25, 0.3) is 5.91 Å². The summed E-state index contributed by atoms with van der Waals surface area (Å²) < 4.78 is 19.2. The Hall–Kier alpha value is -2.21. The second kappa shape index (κ2) is 6.49. The number of carbonyl (C=O) groups is 2. The van der Waals surface area contributed by atoms with Crippen LogP contribution in [-0.4, -0.2) is 48.2 Å². The zero-order valence-corrected chi connectivity index (χ0v) is 11.6. The van der Waals surface area contributed by atoms with E-state index in [2.05, 4.69) is 0 Å². The SMILES string of the molecule is CN(C(=O)c1ccc(/C=C/C(=O)O)cc1F)C1CCOC1. The first-order valence-corrected chi connectivity index (χ1v) is 6.54. The summed E-state index contributed by atoms with van der Waals surface area (Å²) in [5.74, 6) is -2.19. The predicted octanol–water partition coefficient (Wildman–Crippen LogP) is 1.78. The van der Waals surface area contributed by atoms with Crippen molar-refractivity contribution in [2.24, 2.45) is 0 Å². The van der Waals surface area contributed by atoms with Crippen LogP contribution in [0.3, 0.4) is 0 Å². The highest BCUT2D eigenvalue weighted by Gasteiger charge is 2.26. The lowest BCUT2D eigenvalue weighted by Gasteiger charge is -2.23. The van der Waals surface area contributed by atoms with E-state index in [4.69, 9.17) is 9.84 Å². The van der Waals surface area contributed by atoms with E-state index in [0.717, 1.165) is 18.6 Å². The summed E-state index contributed by atoms with van der Waals surface area (Å²) in [5.41, 5.74) is 0.357. The molecule has 0 bridgehead atoms. The average Bonchev–Trinajstić information content (AvgIpc) is 2.98. The molecule has 1 saturated heterocycles. The molecule has 112 valence electrons. The van der Waals surface area contributed by atoms with Gasteiger partial charge in [-0.05, 0) is 30.2 Å². The first-order valence-electron chi connectivity index (χ1n) is 6.54. The van der Waals surface area contributed by atoms with Crippen LogP contribution in [0.4, 0.5) is 4.39 Å². The third-order valence-electron chi connectivity index (χ3n) is 3.42. The zero-order valence-electron chi connectivity index (χ0n) is 11.6. The van der Waals surface area contributed by atoms with Crippen LogP contribution in [0.2, 0.25) is 0 Å². The summed E-state index contributed by atoms with van der Waals surface area (Å²) in [6, 6.07) is 3.98. The van der Waals surface area contributed by atoms with Gasteiger partial charge in [0.15, 0.2) is 0 Å². The van der Waals surface area contributed by atoms with Crippen LogP contribution in [-0.2, 0) is 9.53 Å². The molecule has 0 spiro atoms. The number of hydrogen-bond acceptors (Lipinski definition) is 3. The van der Waals surface area contributed by atoms with E-state index in [-0.39, 0.29) is 11.6 Å². The molecule has 1 aliphatic heterocycles. The molecule has 1 aromatic carbocycles. The lowest BCUT2D eigenvalue weighted by molar-refractivity contribution is -0.131. The Kier molecular flexibility index (Phi) is 4.70. The summed E-state index contributed by atoms with van der Waals surface area (Å²) in [6.45, 7) is 1.06. The lowest BCUT2D eigenvalue weighted by Crippen LogP contribution is -2.37. The number of carbonyl (C=O) groups excluding carboxylic acids is 1. The van der Waals surface area contributed by atoms with Gasteiger partial charge in [-0.15, -0.1) is 0 Å². The van der Waals surface area contributed by atoms with Gasteiger partial charge in [0, 0.05) is 19.7 Å². The van der Waals surface area contributed by atoms with Crippen LogP contribution < -0.4 is 0 Å². The van der Waals surface area contributed by atoms with Crippen LogP contribution in [0.1, 0.15) is 22.3 Å². The van der Waals surface area contributed by atoms with Gasteiger partial charge in [-0.25, -0.2) is 9.18 Å². The van der Waals surface area contributed by atoms with Crippen LogP contribution >= 0.6 is 0 Å². The van der Waals surface area contributed by atoms with Crippen molar-refractivity contribution >= 4 is 18.0 Å². The number of carboxylic acid groups (broad SMARTS) is 1. The Bertz CT molecular complexity index is 579. The maximum absolute atomic E-state index is 14.0. The standard InChI is InChI=1S/C15H16FNO4/c1-17(11-6-7-21-9-11)15(20)12-4-2-10(8-13(12)16)3-5-14(18)19/h2-5,8,11H,6-7,9H2,1H3,(H,18,19)/b5-3+. The Morgan fingerprint density at radius 1 is 1.48 bits per heavy atom. The third kappa shape index (κ3) is 3.66. The topological polar surface area (TPSA) is 66.8 Å². The molecule has 1 aliphatic rings. The van der Waals surface area contributed by atoms with Crippen molar-refractivity contribution in [3.8, 4) is 0 Å². The molecule has 2 rings (SSSR count). The maximum atomic E-state index is 14.0. The van der Waals surface area contributed by atoms with Gasteiger partial charge < -0.3 is 14.7 Å². The normalized spacial score (nSPS) is 18.1. The molecule has 1 atom stereocenters. The molecule has 1 unspecified atom stereocenters. The fraction of sp³-hybridized carbons (Fsp3) is 0.333. The largest absolute Gasteiger partial charge is 0.478 e. The number of hydrogen-bond donors (Lipinski definition) is 1. The molecule has 0 aliphatic carbocycles. The summed E-state index contributed by atoms with van der Waals surface area (Å²) in [4.78, 5) is 24.1. The monoisotopic (exact) mass is 293 g/mol. The lowest BCUT2D eigenvalue weighted by atomic mass is 10.1. The number of aliphatic carboxylic acids is 1. The predicted molar refractivity (Wildman–Crippen MR) is 74.4 cm³/mol. The van der Waals surface area contributed by atoms with Crippen LogP contribution in [0.5, 0.6) is 0 Å². The van der Waals surface area contributed by atoms with Gasteiger partial charge in [-0.3, -0.25) is 4.79 Å². The van der Waals surface area contributed by atoms with E-state index in [9.17, 15) is 14.0 Å². The molecule has 1 amide bonds. The molecule has 0 radical (unpaired) electrons. The van der Waals surface area contributed by atoms with Crippen molar-refractivity contribution < 1.29 is 23.8 Å². The van der Waals surface area contributed by atoms with Gasteiger partial charge in [0.1, 0.15) is 5.82 Å². The first-order chi connectivity index (χ1) is 9.99. The highest BCUT2D eigenvalue weighted by atomic mass is 19.1. The fourth-order valence-corrected chi connectivity index (χ4v) is 2.16. The molecule has 1 fully saturated rings. The minimum Gasteiger partial charge on any atom is -0.478 e. The molecular formula is C15H16FNO4. The van der Waals surface area contributed by atoms with Crippen molar-refractivity contribution in [1.29, 1.82) is 0 Å². The third-order valence-corrected chi connectivity index (χ3v) is 3.42. The molecule has 1 N–H and O–H groups in total. The number of carboxylic acids is 1.